The van der Waals surface area contributed by atoms with Crippen LogP contribution in [-0.2, 0) is 0 Å². The van der Waals surface area contributed by atoms with Crippen molar-refractivity contribution in [2.24, 2.45) is 0 Å². The van der Waals surface area contributed by atoms with Crippen LogP contribution < -0.4 is 4.74 Å². The highest BCUT2D eigenvalue weighted by Crippen LogP contribution is 2.26. The summed E-state index contributed by atoms with van der Waals surface area (Å²) in [5, 5.41) is 0. The van der Waals surface area contributed by atoms with E-state index in [0.717, 1.165) is 25.7 Å². The number of hydrogen-bond donors (Lipinski definition) is 0. The van der Waals surface area contributed by atoms with Crippen LogP contribution in [0.4, 0.5) is 4.39 Å². The molecule has 2 nitrogen and oxygen atoms in total. The van der Waals surface area contributed by atoms with Gasteiger partial charge in [-0.05, 0) is 44.7 Å². The van der Waals surface area contributed by atoms with E-state index in [2.05, 4.69) is 0 Å². The Morgan fingerprint density at radius 2 is 1.89 bits per heavy atom. The van der Waals surface area contributed by atoms with Gasteiger partial charge in [-0.3, -0.25) is 4.79 Å². The second-order valence-corrected chi connectivity index (χ2v) is 4.93. The Bertz CT molecular complexity index is 421. The van der Waals surface area contributed by atoms with Gasteiger partial charge in [0.1, 0.15) is 11.6 Å². The van der Waals surface area contributed by atoms with Gasteiger partial charge in [0.15, 0.2) is 5.78 Å². The minimum atomic E-state index is -0.358. The van der Waals surface area contributed by atoms with Gasteiger partial charge in [0.2, 0.25) is 0 Å². The lowest BCUT2D eigenvalue weighted by atomic mass is 10.1. The van der Waals surface area contributed by atoms with Gasteiger partial charge in [0.05, 0.1) is 11.7 Å². The van der Waals surface area contributed by atoms with Gasteiger partial charge < -0.3 is 4.74 Å². The summed E-state index contributed by atoms with van der Waals surface area (Å²) in [6.07, 6.45) is 6.88. The van der Waals surface area contributed by atoms with Gasteiger partial charge in [-0.2, -0.15) is 0 Å². The number of carbonyl (C=O) groups excluding carboxylic acids is 1. The topological polar surface area (TPSA) is 26.3 Å². The standard InChI is InChI=1S/C15H19FO2/c1-11(17)14-9-8-12(16)10-15(14)18-13-6-4-2-3-5-7-13/h8-10,13H,2-7H2,1H3. The number of benzene rings is 1. The second kappa shape index (κ2) is 5.98. The number of carbonyl (C=O) groups is 1. The van der Waals surface area contributed by atoms with Gasteiger partial charge in [0, 0.05) is 6.07 Å². The molecule has 0 heterocycles. The average molecular weight is 250 g/mol. The smallest absolute Gasteiger partial charge is 0.163 e. The molecule has 1 aromatic rings. The Hall–Kier alpha value is -1.38. The minimum Gasteiger partial charge on any atom is -0.490 e. The highest BCUT2D eigenvalue weighted by Gasteiger charge is 2.17. The van der Waals surface area contributed by atoms with Gasteiger partial charge >= 0.3 is 0 Å². The Balaban J connectivity index is 2.15. The van der Waals surface area contributed by atoms with Crippen molar-refractivity contribution in [3.8, 4) is 5.75 Å². The van der Waals surface area contributed by atoms with Crippen LogP contribution in [0.2, 0.25) is 0 Å². The Morgan fingerprint density at radius 3 is 2.50 bits per heavy atom. The third-order valence-corrected chi connectivity index (χ3v) is 3.42. The molecule has 2 rings (SSSR count). The predicted molar refractivity (Wildman–Crippen MR) is 68.5 cm³/mol. The third kappa shape index (κ3) is 3.31. The molecule has 18 heavy (non-hydrogen) atoms. The molecule has 1 aromatic carbocycles. The summed E-state index contributed by atoms with van der Waals surface area (Å²) in [4.78, 5) is 11.5. The molecule has 0 aromatic heterocycles. The Morgan fingerprint density at radius 1 is 1.22 bits per heavy atom. The average Bonchev–Trinajstić information content (AvgIpc) is 2.57. The molecule has 0 bridgehead atoms. The quantitative estimate of drug-likeness (QED) is 0.595. The number of rotatable bonds is 3. The molecule has 0 amide bonds. The largest absolute Gasteiger partial charge is 0.490 e. The highest BCUT2D eigenvalue weighted by atomic mass is 19.1. The first-order valence-corrected chi connectivity index (χ1v) is 6.64. The van der Waals surface area contributed by atoms with Crippen molar-refractivity contribution < 1.29 is 13.9 Å². The van der Waals surface area contributed by atoms with Crippen molar-refractivity contribution in [2.75, 3.05) is 0 Å². The van der Waals surface area contributed by atoms with Crippen molar-refractivity contribution in [3.05, 3.63) is 29.6 Å². The molecule has 3 heteroatoms. The van der Waals surface area contributed by atoms with E-state index in [1.54, 1.807) is 0 Å². The van der Waals surface area contributed by atoms with Crippen molar-refractivity contribution in [2.45, 2.75) is 51.6 Å². The molecule has 0 N–H and O–H groups in total. The summed E-state index contributed by atoms with van der Waals surface area (Å²) in [6.45, 7) is 1.48. The fraction of sp³-hybridized carbons (Fsp3) is 0.533. The van der Waals surface area contributed by atoms with E-state index in [4.69, 9.17) is 4.74 Å². The zero-order valence-electron chi connectivity index (χ0n) is 10.7. The molecule has 0 saturated heterocycles. The van der Waals surface area contributed by atoms with E-state index < -0.39 is 0 Å². The molecule has 1 aliphatic rings. The number of hydrogen-bond acceptors (Lipinski definition) is 2. The highest BCUT2D eigenvalue weighted by molar-refractivity contribution is 5.96. The molecule has 98 valence electrons. The number of ketones is 1. The van der Waals surface area contributed by atoms with Crippen LogP contribution in [0.3, 0.4) is 0 Å². The minimum absolute atomic E-state index is 0.0846. The molecule has 0 spiro atoms. The molecular formula is C15H19FO2. The SMILES string of the molecule is CC(=O)c1ccc(F)cc1OC1CCCCCC1. The van der Waals surface area contributed by atoms with Crippen LogP contribution >= 0.6 is 0 Å². The van der Waals surface area contributed by atoms with Gasteiger partial charge in [-0.25, -0.2) is 4.39 Å². The van der Waals surface area contributed by atoms with E-state index in [-0.39, 0.29) is 17.7 Å². The maximum absolute atomic E-state index is 13.3. The maximum Gasteiger partial charge on any atom is 0.163 e. The number of halogens is 1. The van der Waals surface area contributed by atoms with Crippen molar-refractivity contribution in [3.63, 3.8) is 0 Å². The van der Waals surface area contributed by atoms with E-state index >= 15 is 0 Å². The summed E-state index contributed by atoms with van der Waals surface area (Å²) in [7, 11) is 0. The summed E-state index contributed by atoms with van der Waals surface area (Å²) in [6, 6.07) is 4.13. The molecule has 1 saturated carbocycles. The van der Waals surface area contributed by atoms with E-state index in [1.807, 2.05) is 0 Å². The van der Waals surface area contributed by atoms with Crippen molar-refractivity contribution >= 4 is 5.78 Å². The van der Waals surface area contributed by atoms with Gasteiger partial charge in [-0.1, -0.05) is 12.8 Å². The fourth-order valence-corrected chi connectivity index (χ4v) is 2.42. The Labute approximate surface area is 107 Å². The summed E-state index contributed by atoms with van der Waals surface area (Å²) in [5.41, 5.74) is 0.473. The van der Waals surface area contributed by atoms with Crippen LogP contribution in [0.25, 0.3) is 0 Å². The van der Waals surface area contributed by atoms with E-state index in [9.17, 15) is 9.18 Å². The Kier molecular flexibility index (Phi) is 4.34. The first kappa shape index (κ1) is 13.1. The number of Topliss-reactive ketones (excluding diaryl/α,β-unsaturated/α-hetero) is 1. The van der Waals surface area contributed by atoms with Crippen LogP contribution in [0.1, 0.15) is 55.8 Å². The lowest BCUT2D eigenvalue weighted by Gasteiger charge is -2.18. The zero-order valence-corrected chi connectivity index (χ0v) is 10.7. The predicted octanol–water partition coefficient (Wildman–Crippen LogP) is 4.13. The van der Waals surface area contributed by atoms with Crippen molar-refractivity contribution in [1.29, 1.82) is 0 Å². The van der Waals surface area contributed by atoms with Crippen LogP contribution in [0.15, 0.2) is 18.2 Å². The van der Waals surface area contributed by atoms with Crippen LogP contribution in [0.5, 0.6) is 5.75 Å². The van der Waals surface area contributed by atoms with E-state index in [0.29, 0.717) is 11.3 Å². The van der Waals surface area contributed by atoms with Crippen LogP contribution in [0, 0.1) is 5.82 Å². The number of ether oxygens (including phenoxy) is 1. The summed E-state index contributed by atoms with van der Waals surface area (Å²) >= 11 is 0. The first-order valence-electron chi connectivity index (χ1n) is 6.64. The third-order valence-electron chi connectivity index (χ3n) is 3.42. The second-order valence-electron chi connectivity index (χ2n) is 4.93. The molecule has 0 radical (unpaired) electrons. The monoisotopic (exact) mass is 250 g/mol. The molecule has 0 unspecified atom stereocenters. The van der Waals surface area contributed by atoms with Gasteiger partial charge in [0.25, 0.3) is 0 Å². The van der Waals surface area contributed by atoms with E-state index in [1.165, 1.54) is 38.0 Å². The summed E-state index contributed by atoms with van der Waals surface area (Å²) < 4.78 is 19.1. The summed E-state index contributed by atoms with van der Waals surface area (Å²) in [5.74, 6) is -0.0448. The van der Waals surface area contributed by atoms with Crippen LogP contribution in [-0.4, -0.2) is 11.9 Å². The fourth-order valence-electron chi connectivity index (χ4n) is 2.42. The molecule has 1 fully saturated rings. The van der Waals surface area contributed by atoms with Gasteiger partial charge in [-0.15, -0.1) is 0 Å². The lowest BCUT2D eigenvalue weighted by molar-refractivity contribution is 0.100. The lowest BCUT2D eigenvalue weighted by Crippen LogP contribution is -2.16. The first-order chi connectivity index (χ1) is 8.66. The van der Waals surface area contributed by atoms with Crippen molar-refractivity contribution in [1.82, 2.24) is 0 Å². The molecule has 0 aliphatic heterocycles. The molecule has 1 aliphatic carbocycles. The normalized spacial score (nSPS) is 17.2. The molecular weight excluding hydrogens is 231 g/mol. The maximum atomic E-state index is 13.3. The zero-order chi connectivity index (χ0) is 13.0. The molecule has 0 atom stereocenters.